The molecular weight excluding hydrogens is 462 g/mol. The van der Waals surface area contributed by atoms with Gasteiger partial charge in [-0.05, 0) is 55.4 Å². The number of sulfonamides is 1. The molecule has 0 amide bonds. The van der Waals surface area contributed by atoms with E-state index in [0.29, 0.717) is 37.2 Å². The molecule has 2 N–H and O–H groups in total. The second-order valence-corrected chi connectivity index (χ2v) is 10.1. The van der Waals surface area contributed by atoms with Gasteiger partial charge in [-0.25, -0.2) is 8.42 Å². The Balaban J connectivity index is 1.68. The van der Waals surface area contributed by atoms with Crippen LogP contribution in [0.25, 0.3) is 10.9 Å². The fourth-order valence-corrected chi connectivity index (χ4v) is 5.40. The van der Waals surface area contributed by atoms with Crippen LogP contribution in [0.4, 0.5) is 11.4 Å². The van der Waals surface area contributed by atoms with Crippen LogP contribution in [-0.2, 0) is 21.8 Å². The first-order valence-electron chi connectivity index (χ1n) is 10.4. The van der Waals surface area contributed by atoms with E-state index in [0.717, 1.165) is 16.8 Å². The molecule has 1 aromatic heterocycles. The van der Waals surface area contributed by atoms with Gasteiger partial charge in [0.05, 0.1) is 23.6 Å². The molecule has 174 valence electrons. The third kappa shape index (κ3) is 4.49. The van der Waals surface area contributed by atoms with E-state index < -0.39 is 10.0 Å². The molecule has 0 saturated carbocycles. The molecule has 0 radical (unpaired) electrons. The summed E-state index contributed by atoms with van der Waals surface area (Å²) in [7, 11) is -2.04. The van der Waals surface area contributed by atoms with Crippen molar-refractivity contribution in [1.82, 2.24) is 8.87 Å². The van der Waals surface area contributed by atoms with Crippen molar-refractivity contribution in [2.24, 2.45) is 17.3 Å². The minimum absolute atomic E-state index is 0.121. The normalized spacial score (nSPS) is 15.4. The van der Waals surface area contributed by atoms with E-state index in [4.69, 9.17) is 17.0 Å². The molecule has 9 nitrogen and oxygen atoms in total. The standard InChI is InChI=1S/C22H25N5O4S2/c1-14-5-4-6-15(2)19(14)23-22(32)25-24-20-17-13-16(7-8-18(17)26(3)21(20)28)33(29,30)27-9-11-31-12-10-27/h4-8,13,28H,9-12H2,1-3H3,(H,23,32). The van der Waals surface area contributed by atoms with Gasteiger partial charge in [0.2, 0.25) is 21.0 Å². The Morgan fingerprint density at radius 3 is 2.48 bits per heavy atom. The van der Waals surface area contributed by atoms with Crippen LogP contribution in [0.1, 0.15) is 11.1 Å². The van der Waals surface area contributed by atoms with Gasteiger partial charge < -0.3 is 19.7 Å². The number of rotatable bonds is 4. The summed E-state index contributed by atoms with van der Waals surface area (Å²) in [5.74, 6) is -0.135. The number of hydrogen-bond acceptors (Lipinski definition) is 6. The van der Waals surface area contributed by atoms with Crippen molar-refractivity contribution in [3.05, 3.63) is 47.5 Å². The van der Waals surface area contributed by atoms with Crippen molar-refractivity contribution in [2.75, 3.05) is 31.6 Å². The van der Waals surface area contributed by atoms with Gasteiger partial charge in [-0.3, -0.25) is 0 Å². The molecule has 0 unspecified atom stereocenters. The van der Waals surface area contributed by atoms with Gasteiger partial charge in [0.25, 0.3) is 0 Å². The number of nitrogens with one attached hydrogen (secondary N) is 1. The van der Waals surface area contributed by atoms with Gasteiger partial charge in [0, 0.05) is 31.2 Å². The van der Waals surface area contributed by atoms with Gasteiger partial charge in [0.1, 0.15) is 0 Å². The van der Waals surface area contributed by atoms with Crippen molar-refractivity contribution < 1.29 is 18.3 Å². The first-order valence-corrected chi connectivity index (χ1v) is 12.2. The summed E-state index contributed by atoms with van der Waals surface area (Å²) >= 11 is 5.32. The first kappa shape index (κ1) is 23.3. The number of nitrogens with zero attached hydrogens (tertiary/aromatic N) is 4. The predicted octanol–water partition coefficient (Wildman–Crippen LogP) is 4.00. The summed E-state index contributed by atoms with van der Waals surface area (Å²) in [6, 6.07) is 10.6. The highest BCUT2D eigenvalue weighted by Gasteiger charge is 2.27. The molecule has 33 heavy (non-hydrogen) atoms. The maximum absolute atomic E-state index is 13.1. The largest absolute Gasteiger partial charge is 0.493 e. The zero-order valence-electron chi connectivity index (χ0n) is 18.6. The van der Waals surface area contributed by atoms with Crippen LogP contribution in [0, 0.1) is 13.8 Å². The number of aromatic nitrogens is 1. The average molecular weight is 488 g/mol. The number of fused-ring (bicyclic) bond motifs is 1. The lowest BCUT2D eigenvalue weighted by Gasteiger charge is -2.26. The van der Waals surface area contributed by atoms with Crippen molar-refractivity contribution in [3.63, 3.8) is 0 Å². The Kier molecular flexibility index (Phi) is 6.48. The Labute approximate surface area is 197 Å². The van der Waals surface area contributed by atoms with E-state index >= 15 is 0 Å². The third-order valence-electron chi connectivity index (χ3n) is 5.68. The number of hydrogen-bond donors (Lipinski definition) is 2. The molecule has 1 aliphatic rings. The van der Waals surface area contributed by atoms with Crippen LogP contribution in [-0.4, -0.2) is 53.8 Å². The van der Waals surface area contributed by atoms with Crippen LogP contribution in [0.5, 0.6) is 5.88 Å². The number of morpholine rings is 1. The maximum atomic E-state index is 13.1. The molecule has 0 atom stereocenters. The molecule has 2 aromatic carbocycles. The lowest BCUT2D eigenvalue weighted by Crippen LogP contribution is -2.40. The lowest BCUT2D eigenvalue weighted by atomic mass is 10.1. The van der Waals surface area contributed by atoms with E-state index in [1.165, 1.54) is 21.0 Å². The molecule has 1 aliphatic heterocycles. The quantitative estimate of drug-likeness (QED) is 0.425. The van der Waals surface area contributed by atoms with Crippen molar-refractivity contribution in [2.45, 2.75) is 18.7 Å². The van der Waals surface area contributed by atoms with Crippen LogP contribution >= 0.6 is 12.2 Å². The van der Waals surface area contributed by atoms with E-state index in [1.807, 2.05) is 32.0 Å². The van der Waals surface area contributed by atoms with Crippen molar-refractivity contribution in [3.8, 4) is 5.88 Å². The molecule has 11 heteroatoms. The highest BCUT2D eigenvalue weighted by atomic mass is 32.2. The summed E-state index contributed by atoms with van der Waals surface area (Å²) in [5.41, 5.74) is 3.65. The SMILES string of the molecule is Cc1cccc(C)c1NC(=S)N=Nc1c(O)n(C)c2ccc(S(=O)(=O)N3CCOCC3)cc12. The minimum atomic E-state index is -3.70. The second kappa shape index (κ2) is 9.18. The summed E-state index contributed by atoms with van der Waals surface area (Å²) in [4.78, 5) is 0.121. The number of thiocarbonyl (C=S) groups is 1. The molecule has 2 heterocycles. The Hall–Kier alpha value is -2.86. The summed E-state index contributed by atoms with van der Waals surface area (Å²) in [5, 5.41) is 22.5. The highest BCUT2D eigenvalue weighted by Crippen LogP contribution is 2.39. The van der Waals surface area contributed by atoms with Crippen molar-refractivity contribution >= 4 is 49.6 Å². The molecule has 0 spiro atoms. The monoisotopic (exact) mass is 487 g/mol. The zero-order chi connectivity index (χ0) is 23.8. The number of anilines is 1. The van der Waals surface area contributed by atoms with Crippen LogP contribution in [0.2, 0.25) is 0 Å². The highest BCUT2D eigenvalue weighted by molar-refractivity contribution is 7.89. The number of aryl methyl sites for hydroxylation is 3. The third-order valence-corrected chi connectivity index (χ3v) is 7.75. The second-order valence-electron chi connectivity index (χ2n) is 7.82. The van der Waals surface area contributed by atoms with E-state index in [9.17, 15) is 13.5 Å². The topological polar surface area (TPSA) is 109 Å². The van der Waals surface area contributed by atoms with Gasteiger partial charge in [-0.15, -0.1) is 10.2 Å². The number of ether oxygens (including phenoxy) is 1. The number of aromatic hydroxyl groups is 1. The predicted molar refractivity (Wildman–Crippen MR) is 131 cm³/mol. The lowest BCUT2D eigenvalue weighted by molar-refractivity contribution is 0.0730. The molecule has 0 aliphatic carbocycles. The average Bonchev–Trinajstić information content (AvgIpc) is 3.04. The van der Waals surface area contributed by atoms with Gasteiger partial charge in [-0.1, -0.05) is 18.2 Å². The fraction of sp³-hybridized carbons (Fsp3) is 0.318. The zero-order valence-corrected chi connectivity index (χ0v) is 20.2. The molecule has 4 rings (SSSR count). The summed E-state index contributed by atoms with van der Waals surface area (Å²) in [6.45, 7) is 5.23. The smallest absolute Gasteiger partial charge is 0.243 e. The Morgan fingerprint density at radius 2 is 1.82 bits per heavy atom. The van der Waals surface area contributed by atoms with E-state index in [2.05, 4.69) is 15.5 Å². The number of azo groups is 1. The molecule has 3 aromatic rings. The molecule has 0 bridgehead atoms. The number of para-hydroxylation sites is 1. The summed E-state index contributed by atoms with van der Waals surface area (Å²) in [6.07, 6.45) is 0. The fourth-order valence-electron chi connectivity index (χ4n) is 3.82. The molecule has 1 fully saturated rings. The maximum Gasteiger partial charge on any atom is 0.243 e. The number of benzene rings is 2. The van der Waals surface area contributed by atoms with E-state index in [-0.39, 0.29) is 21.6 Å². The van der Waals surface area contributed by atoms with Crippen LogP contribution in [0.15, 0.2) is 51.5 Å². The van der Waals surface area contributed by atoms with Crippen LogP contribution in [0.3, 0.4) is 0 Å². The van der Waals surface area contributed by atoms with Crippen LogP contribution < -0.4 is 5.32 Å². The van der Waals surface area contributed by atoms with E-state index in [1.54, 1.807) is 13.1 Å². The van der Waals surface area contributed by atoms with Gasteiger partial charge >= 0.3 is 0 Å². The first-order chi connectivity index (χ1) is 15.7. The van der Waals surface area contributed by atoms with Crippen molar-refractivity contribution in [1.29, 1.82) is 0 Å². The Bertz CT molecular complexity index is 1340. The Morgan fingerprint density at radius 1 is 1.15 bits per heavy atom. The molecular formula is C22H25N5O4S2. The minimum Gasteiger partial charge on any atom is -0.493 e. The molecule has 1 saturated heterocycles. The summed E-state index contributed by atoms with van der Waals surface area (Å²) < 4.78 is 34.3. The van der Waals surface area contributed by atoms with Gasteiger partial charge in [-0.2, -0.15) is 4.31 Å². The van der Waals surface area contributed by atoms with Gasteiger partial charge in [0.15, 0.2) is 5.69 Å².